The van der Waals surface area contributed by atoms with Gasteiger partial charge in [0.05, 0.1) is 6.61 Å². The van der Waals surface area contributed by atoms with Crippen LogP contribution in [0, 0.1) is 0 Å². The summed E-state index contributed by atoms with van der Waals surface area (Å²) in [5.74, 6) is -1.20. The van der Waals surface area contributed by atoms with Gasteiger partial charge in [-0.15, -0.1) is 6.58 Å². The summed E-state index contributed by atoms with van der Waals surface area (Å²) >= 11 is 0. The lowest BCUT2D eigenvalue weighted by Crippen LogP contribution is -2.48. The third-order valence-corrected chi connectivity index (χ3v) is 2.13. The third-order valence-electron chi connectivity index (χ3n) is 2.13. The minimum atomic E-state index is -1.83. The Morgan fingerprint density at radius 2 is 1.55 bits per heavy atom. The standard InChI is InChI=1S/C9H16O6.C3H5NO/c1-2-3-5(11)7(13)9(15)8(14)6(12)4-10;1-2-3(4)5/h2,6-10,12-15H,1,3-4H2;2H,1H2,(H2,4,5)/t6-,7+,8-,9-;/m1./s1. The molecule has 8 heteroatoms. The Balaban J connectivity index is 0. The van der Waals surface area contributed by atoms with Crippen molar-refractivity contribution in [2.45, 2.75) is 30.8 Å². The van der Waals surface area contributed by atoms with E-state index in [9.17, 15) is 24.9 Å². The zero-order chi connectivity index (χ0) is 16.3. The highest BCUT2D eigenvalue weighted by Crippen LogP contribution is 2.07. The molecule has 0 bridgehead atoms. The van der Waals surface area contributed by atoms with E-state index >= 15 is 0 Å². The van der Waals surface area contributed by atoms with Crippen LogP contribution in [-0.2, 0) is 9.59 Å². The van der Waals surface area contributed by atoms with Crippen LogP contribution in [0.4, 0.5) is 0 Å². The number of aliphatic hydroxyl groups excluding tert-OH is 5. The number of carbonyl (C=O) groups is 2. The quantitative estimate of drug-likeness (QED) is 0.208. The van der Waals surface area contributed by atoms with E-state index in [0.717, 1.165) is 6.08 Å². The van der Waals surface area contributed by atoms with Crippen LogP contribution in [-0.4, -0.2) is 68.2 Å². The summed E-state index contributed by atoms with van der Waals surface area (Å²) in [6.07, 6.45) is -4.88. The predicted octanol–water partition coefficient (Wildman–Crippen LogP) is -2.77. The average Bonchev–Trinajstić information content (AvgIpc) is 2.44. The molecule has 0 aliphatic carbocycles. The molecular formula is C12H21NO7. The Labute approximate surface area is 116 Å². The molecule has 1 amide bonds. The van der Waals surface area contributed by atoms with E-state index in [2.05, 4.69) is 18.9 Å². The molecule has 0 aromatic heterocycles. The van der Waals surface area contributed by atoms with Gasteiger partial charge in [-0.1, -0.05) is 12.7 Å². The lowest BCUT2D eigenvalue weighted by atomic mass is 9.99. The van der Waals surface area contributed by atoms with Gasteiger partial charge in [-0.05, 0) is 6.08 Å². The number of aliphatic hydroxyl groups is 5. The summed E-state index contributed by atoms with van der Waals surface area (Å²) < 4.78 is 0. The Morgan fingerprint density at radius 3 is 1.85 bits per heavy atom. The minimum absolute atomic E-state index is 0.153. The fourth-order valence-corrected chi connectivity index (χ4v) is 0.976. The molecule has 4 atom stereocenters. The molecule has 0 aliphatic rings. The number of amides is 1. The fraction of sp³-hybridized carbons (Fsp3) is 0.500. The first-order valence-electron chi connectivity index (χ1n) is 5.61. The van der Waals surface area contributed by atoms with Gasteiger partial charge in [0.2, 0.25) is 5.91 Å². The van der Waals surface area contributed by atoms with E-state index in [4.69, 9.17) is 10.2 Å². The molecule has 0 spiro atoms. The largest absolute Gasteiger partial charge is 0.394 e. The second-order valence-corrected chi connectivity index (χ2v) is 3.74. The number of hydrogen-bond donors (Lipinski definition) is 6. The zero-order valence-electron chi connectivity index (χ0n) is 10.9. The number of hydrogen-bond acceptors (Lipinski definition) is 7. The summed E-state index contributed by atoms with van der Waals surface area (Å²) in [5, 5.41) is 45.1. The molecule has 8 nitrogen and oxygen atoms in total. The van der Waals surface area contributed by atoms with Crippen molar-refractivity contribution in [2.24, 2.45) is 5.73 Å². The fourth-order valence-electron chi connectivity index (χ4n) is 0.976. The van der Waals surface area contributed by atoms with Crippen molar-refractivity contribution in [1.82, 2.24) is 0 Å². The van der Waals surface area contributed by atoms with Gasteiger partial charge >= 0.3 is 0 Å². The molecule has 0 heterocycles. The number of primary amides is 1. The maximum absolute atomic E-state index is 11.1. The van der Waals surface area contributed by atoms with Crippen molar-refractivity contribution >= 4 is 11.7 Å². The van der Waals surface area contributed by atoms with Crippen LogP contribution in [0.5, 0.6) is 0 Å². The summed E-state index contributed by atoms with van der Waals surface area (Å²) in [6, 6.07) is 0. The van der Waals surface area contributed by atoms with Gasteiger partial charge < -0.3 is 31.3 Å². The molecular weight excluding hydrogens is 270 g/mol. The zero-order valence-corrected chi connectivity index (χ0v) is 10.9. The highest BCUT2D eigenvalue weighted by molar-refractivity contribution is 5.85. The van der Waals surface area contributed by atoms with Crippen LogP contribution >= 0.6 is 0 Å². The number of carbonyl (C=O) groups excluding carboxylic acids is 2. The molecule has 0 saturated heterocycles. The topological polar surface area (TPSA) is 161 Å². The highest BCUT2D eigenvalue weighted by Gasteiger charge is 2.33. The molecule has 0 aromatic carbocycles. The first kappa shape index (κ1) is 20.7. The SMILES string of the molecule is C=CC(N)=O.C=CCC(=O)[C@H](O)[C@@H](O)[C@H](O)[C@H](O)CO. The van der Waals surface area contributed by atoms with Crippen LogP contribution in [0.3, 0.4) is 0 Å². The second-order valence-electron chi connectivity index (χ2n) is 3.74. The van der Waals surface area contributed by atoms with Crippen molar-refractivity contribution in [3.63, 3.8) is 0 Å². The normalized spacial score (nSPS) is 15.8. The predicted molar refractivity (Wildman–Crippen MR) is 70.3 cm³/mol. The molecule has 116 valence electrons. The third kappa shape index (κ3) is 8.51. The van der Waals surface area contributed by atoms with Gasteiger partial charge in [0, 0.05) is 6.42 Å². The van der Waals surface area contributed by atoms with Gasteiger partial charge in [-0.3, -0.25) is 9.59 Å². The van der Waals surface area contributed by atoms with E-state index < -0.39 is 42.7 Å². The van der Waals surface area contributed by atoms with E-state index in [0.29, 0.717) is 0 Å². The van der Waals surface area contributed by atoms with E-state index in [1.54, 1.807) is 0 Å². The highest BCUT2D eigenvalue weighted by atomic mass is 16.4. The van der Waals surface area contributed by atoms with Crippen molar-refractivity contribution in [1.29, 1.82) is 0 Å². The van der Waals surface area contributed by atoms with Crippen LogP contribution in [0.2, 0.25) is 0 Å². The Morgan fingerprint density at radius 1 is 1.10 bits per heavy atom. The first-order valence-corrected chi connectivity index (χ1v) is 5.61. The number of allylic oxidation sites excluding steroid dienone is 1. The van der Waals surface area contributed by atoms with Crippen molar-refractivity contribution in [3.8, 4) is 0 Å². The van der Waals surface area contributed by atoms with Crippen molar-refractivity contribution in [2.75, 3.05) is 6.61 Å². The second kappa shape index (κ2) is 11.3. The van der Waals surface area contributed by atoms with Crippen molar-refractivity contribution in [3.05, 3.63) is 25.3 Å². The van der Waals surface area contributed by atoms with E-state index in [1.165, 1.54) is 6.08 Å². The van der Waals surface area contributed by atoms with Gasteiger partial charge in [-0.2, -0.15) is 0 Å². The summed E-state index contributed by atoms with van der Waals surface area (Å²) in [5.41, 5.74) is 4.53. The minimum Gasteiger partial charge on any atom is -0.394 e. The number of rotatable bonds is 8. The maximum Gasteiger partial charge on any atom is 0.240 e. The van der Waals surface area contributed by atoms with Crippen LogP contribution in [0.25, 0.3) is 0 Å². The molecule has 0 rings (SSSR count). The van der Waals surface area contributed by atoms with Gasteiger partial charge in [0.15, 0.2) is 5.78 Å². The number of Topliss-reactive ketones (excluding diaryl/α,β-unsaturated/α-hetero) is 1. The number of ketones is 1. The molecule has 20 heavy (non-hydrogen) atoms. The van der Waals surface area contributed by atoms with Crippen LogP contribution < -0.4 is 5.73 Å². The summed E-state index contributed by atoms with van der Waals surface area (Å²) in [4.78, 5) is 20.5. The van der Waals surface area contributed by atoms with Gasteiger partial charge in [-0.25, -0.2) is 0 Å². The monoisotopic (exact) mass is 291 g/mol. The molecule has 0 aliphatic heterocycles. The maximum atomic E-state index is 11.1. The lowest BCUT2D eigenvalue weighted by Gasteiger charge is -2.24. The van der Waals surface area contributed by atoms with Crippen molar-refractivity contribution < 1.29 is 35.1 Å². The Bertz CT molecular complexity index is 332. The van der Waals surface area contributed by atoms with Gasteiger partial charge in [0.25, 0.3) is 0 Å². The Kier molecular flexibility index (Phi) is 11.7. The molecule has 0 fully saturated rings. The van der Waals surface area contributed by atoms with E-state index in [-0.39, 0.29) is 6.42 Å². The van der Waals surface area contributed by atoms with E-state index in [1.807, 2.05) is 0 Å². The summed E-state index contributed by atoms with van der Waals surface area (Å²) in [6.45, 7) is 5.58. The smallest absolute Gasteiger partial charge is 0.240 e. The average molecular weight is 291 g/mol. The molecule has 0 aromatic rings. The number of nitrogens with two attached hydrogens (primary N) is 1. The lowest BCUT2D eigenvalue weighted by molar-refractivity contribution is -0.146. The molecule has 0 radical (unpaired) electrons. The van der Waals surface area contributed by atoms with Crippen LogP contribution in [0.15, 0.2) is 25.3 Å². The van der Waals surface area contributed by atoms with Crippen LogP contribution in [0.1, 0.15) is 6.42 Å². The summed E-state index contributed by atoms with van der Waals surface area (Å²) in [7, 11) is 0. The van der Waals surface area contributed by atoms with Gasteiger partial charge in [0.1, 0.15) is 24.4 Å². The Hall–Kier alpha value is -1.58. The first-order chi connectivity index (χ1) is 9.22. The molecule has 0 saturated carbocycles. The molecule has 7 N–H and O–H groups in total. The molecule has 0 unspecified atom stereocenters.